The van der Waals surface area contributed by atoms with Crippen molar-refractivity contribution in [1.29, 1.82) is 0 Å². The van der Waals surface area contributed by atoms with Crippen LogP contribution in [0.3, 0.4) is 0 Å². The Labute approximate surface area is 125 Å². The minimum absolute atomic E-state index is 0.255. The van der Waals surface area contributed by atoms with Crippen LogP contribution >= 0.6 is 0 Å². The average Bonchev–Trinajstić information content (AvgIpc) is 2.55. The molecule has 0 aromatic heterocycles. The number of rotatable bonds is 6. The zero-order chi connectivity index (χ0) is 15.3. The molecule has 2 aromatic rings. The third kappa shape index (κ3) is 3.08. The molecule has 21 heavy (non-hydrogen) atoms. The number of halogens is 1. The Morgan fingerprint density at radius 1 is 1.10 bits per heavy atom. The maximum Gasteiger partial charge on any atom is 0.168 e. The first-order valence-corrected chi connectivity index (χ1v) is 7.24. The second-order valence-electron chi connectivity index (χ2n) is 5.31. The fourth-order valence-electron chi connectivity index (χ4n) is 2.77. The second kappa shape index (κ2) is 6.72. The number of ether oxygens (including phenoxy) is 1. The fourth-order valence-corrected chi connectivity index (χ4v) is 2.77. The molecule has 1 unspecified atom stereocenters. The van der Waals surface area contributed by atoms with Gasteiger partial charge in [0.2, 0.25) is 0 Å². The third-order valence-electron chi connectivity index (χ3n) is 4.25. The Morgan fingerprint density at radius 2 is 1.81 bits per heavy atom. The van der Waals surface area contributed by atoms with Gasteiger partial charge in [-0.1, -0.05) is 49.4 Å². The molecule has 2 rings (SSSR count). The zero-order valence-corrected chi connectivity index (χ0v) is 12.6. The summed E-state index contributed by atoms with van der Waals surface area (Å²) in [7, 11) is 1.48. The van der Waals surface area contributed by atoms with Crippen molar-refractivity contribution in [2.75, 3.05) is 13.7 Å². The van der Waals surface area contributed by atoms with Gasteiger partial charge in [-0.25, -0.2) is 4.39 Å². The van der Waals surface area contributed by atoms with E-state index >= 15 is 0 Å². The second-order valence-corrected chi connectivity index (χ2v) is 5.31. The van der Waals surface area contributed by atoms with Crippen LogP contribution in [0.15, 0.2) is 48.5 Å². The highest BCUT2D eigenvalue weighted by Gasteiger charge is 2.30. The molecule has 0 heterocycles. The monoisotopic (exact) mass is 287 g/mol. The van der Waals surface area contributed by atoms with Crippen LogP contribution in [0.1, 0.15) is 24.5 Å². The largest absolute Gasteiger partial charge is 0.494 e. The van der Waals surface area contributed by atoms with Gasteiger partial charge in [0.1, 0.15) is 0 Å². The van der Waals surface area contributed by atoms with Gasteiger partial charge in [-0.2, -0.15) is 0 Å². The molecular weight excluding hydrogens is 265 g/mol. The van der Waals surface area contributed by atoms with E-state index in [0.717, 1.165) is 12.0 Å². The van der Waals surface area contributed by atoms with Crippen molar-refractivity contribution in [3.63, 3.8) is 0 Å². The molecular formula is C18H22FNO. The Balaban J connectivity index is 2.42. The van der Waals surface area contributed by atoms with Crippen LogP contribution in [0, 0.1) is 5.82 Å². The van der Waals surface area contributed by atoms with E-state index in [1.165, 1.54) is 7.11 Å². The molecule has 0 aliphatic heterocycles. The predicted molar refractivity (Wildman–Crippen MR) is 84.1 cm³/mol. The van der Waals surface area contributed by atoms with E-state index in [2.05, 4.69) is 19.1 Å². The highest BCUT2D eigenvalue weighted by atomic mass is 19.1. The molecule has 2 nitrogen and oxygen atoms in total. The Hall–Kier alpha value is -1.87. The van der Waals surface area contributed by atoms with Gasteiger partial charge in [0.05, 0.1) is 7.11 Å². The van der Waals surface area contributed by atoms with E-state index in [4.69, 9.17) is 10.5 Å². The van der Waals surface area contributed by atoms with Gasteiger partial charge in [0.25, 0.3) is 0 Å². The van der Waals surface area contributed by atoms with Crippen molar-refractivity contribution >= 4 is 0 Å². The van der Waals surface area contributed by atoms with Crippen molar-refractivity contribution in [1.82, 2.24) is 0 Å². The summed E-state index contributed by atoms with van der Waals surface area (Å²) >= 11 is 0. The van der Waals surface area contributed by atoms with Crippen LogP contribution in [-0.2, 0) is 11.8 Å². The predicted octanol–water partition coefficient (Wildman–Crippen LogP) is 3.68. The molecule has 3 heteroatoms. The topological polar surface area (TPSA) is 35.2 Å². The van der Waals surface area contributed by atoms with Crippen molar-refractivity contribution < 1.29 is 9.13 Å². The summed E-state index contributed by atoms with van der Waals surface area (Å²) < 4.78 is 19.5. The van der Waals surface area contributed by atoms with Crippen LogP contribution in [0.25, 0.3) is 0 Å². The molecule has 0 saturated heterocycles. The summed E-state index contributed by atoms with van der Waals surface area (Å²) in [6.07, 6.45) is 1.41. The minimum Gasteiger partial charge on any atom is -0.494 e. The van der Waals surface area contributed by atoms with Gasteiger partial charge in [-0.3, -0.25) is 0 Å². The van der Waals surface area contributed by atoms with Gasteiger partial charge < -0.3 is 10.5 Å². The van der Waals surface area contributed by atoms with E-state index in [9.17, 15) is 4.39 Å². The molecule has 0 saturated carbocycles. The van der Waals surface area contributed by atoms with Crippen molar-refractivity contribution in [2.24, 2.45) is 5.73 Å². The van der Waals surface area contributed by atoms with E-state index in [1.54, 1.807) is 12.1 Å². The molecule has 0 spiro atoms. The Kier molecular flexibility index (Phi) is 4.97. The SMILES string of the molecule is CCC(CN)(Cc1cccc(OC)c1F)c1ccccc1. The van der Waals surface area contributed by atoms with Gasteiger partial charge in [-0.15, -0.1) is 0 Å². The number of nitrogens with two attached hydrogens (primary N) is 1. The summed E-state index contributed by atoms with van der Waals surface area (Å²) in [5, 5.41) is 0. The molecule has 2 aromatic carbocycles. The smallest absolute Gasteiger partial charge is 0.168 e. The van der Waals surface area contributed by atoms with E-state index < -0.39 is 0 Å². The van der Waals surface area contributed by atoms with Gasteiger partial charge in [-0.05, 0) is 30.0 Å². The molecule has 0 radical (unpaired) electrons. The lowest BCUT2D eigenvalue weighted by Gasteiger charge is -2.32. The lowest BCUT2D eigenvalue weighted by atomic mass is 9.73. The van der Waals surface area contributed by atoms with Gasteiger partial charge in [0.15, 0.2) is 11.6 Å². The number of benzene rings is 2. The van der Waals surface area contributed by atoms with Crippen molar-refractivity contribution in [3.8, 4) is 5.75 Å². The quantitative estimate of drug-likeness (QED) is 0.879. The van der Waals surface area contributed by atoms with E-state index in [0.29, 0.717) is 18.5 Å². The van der Waals surface area contributed by atoms with Crippen LogP contribution in [0.2, 0.25) is 0 Å². The molecule has 0 bridgehead atoms. The Bertz CT molecular complexity index is 579. The first kappa shape index (κ1) is 15.5. The highest BCUT2D eigenvalue weighted by molar-refractivity contribution is 5.35. The van der Waals surface area contributed by atoms with Crippen molar-refractivity contribution in [2.45, 2.75) is 25.2 Å². The summed E-state index contributed by atoms with van der Waals surface area (Å²) in [5.74, 6) is -0.00945. The lowest BCUT2D eigenvalue weighted by molar-refractivity contribution is 0.374. The van der Waals surface area contributed by atoms with Crippen molar-refractivity contribution in [3.05, 3.63) is 65.5 Å². The molecule has 0 fully saturated rings. The van der Waals surface area contributed by atoms with Gasteiger partial charge in [0, 0.05) is 12.0 Å². The maximum atomic E-state index is 14.4. The first-order valence-electron chi connectivity index (χ1n) is 7.24. The minimum atomic E-state index is -0.290. The number of hydrogen-bond donors (Lipinski definition) is 1. The standard InChI is InChI=1S/C18H22FNO/c1-3-18(13-20,15-9-5-4-6-10-15)12-14-8-7-11-16(21-2)17(14)19/h4-11H,3,12-13,20H2,1-2H3. The normalized spacial score (nSPS) is 13.7. The van der Waals surface area contributed by atoms with E-state index in [-0.39, 0.29) is 17.0 Å². The molecule has 0 amide bonds. The summed E-state index contributed by atoms with van der Waals surface area (Å²) in [6.45, 7) is 2.57. The highest BCUT2D eigenvalue weighted by Crippen LogP contribution is 2.33. The molecule has 0 aliphatic rings. The Morgan fingerprint density at radius 3 is 2.38 bits per heavy atom. The number of methoxy groups -OCH3 is 1. The van der Waals surface area contributed by atoms with Crippen LogP contribution in [-0.4, -0.2) is 13.7 Å². The van der Waals surface area contributed by atoms with Crippen LogP contribution in [0.4, 0.5) is 4.39 Å². The first-order chi connectivity index (χ1) is 10.2. The molecule has 2 N–H and O–H groups in total. The lowest BCUT2D eigenvalue weighted by Crippen LogP contribution is -2.37. The van der Waals surface area contributed by atoms with Crippen LogP contribution in [0.5, 0.6) is 5.75 Å². The summed E-state index contributed by atoms with van der Waals surface area (Å²) in [4.78, 5) is 0. The third-order valence-corrected chi connectivity index (χ3v) is 4.25. The zero-order valence-electron chi connectivity index (χ0n) is 12.6. The summed E-state index contributed by atoms with van der Waals surface area (Å²) in [5.41, 5.74) is 7.60. The molecule has 1 atom stereocenters. The van der Waals surface area contributed by atoms with Gasteiger partial charge >= 0.3 is 0 Å². The maximum absolute atomic E-state index is 14.4. The average molecular weight is 287 g/mol. The van der Waals surface area contributed by atoms with Crippen LogP contribution < -0.4 is 10.5 Å². The summed E-state index contributed by atoms with van der Waals surface area (Å²) in [6, 6.07) is 15.4. The molecule has 112 valence electrons. The number of hydrogen-bond acceptors (Lipinski definition) is 2. The molecule has 0 aliphatic carbocycles. The van der Waals surface area contributed by atoms with E-state index in [1.807, 2.05) is 24.3 Å². The fraction of sp³-hybridized carbons (Fsp3) is 0.333.